The summed E-state index contributed by atoms with van der Waals surface area (Å²) in [5.74, 6) is 0.688. The molecule has 1 amide bonds. The first-order chi connectivity index (χ1) is 9.08. The highest BCUT2D eigenvalue weighted by Gasteiger charge is 2.30. The minimum absolute atomic E-state index is 0.0403. The zero-order valence-electron chi connectivity index (χ0n) is 12.1. The third kappa shape index (κ3) is 2.60. The predicted octanol–water partition coefficient (Wildman–Crippen LogP) is 2.06. The summed E-state index contributed by atoms with van der Waals surface area (Å²) in [6.07, 6.45) is 3.49. The first-order valence-electron chi connectivity index (χ1n) is 7.20. The SMILES string of the molecule is CCCC1CCN(C(=O)c2c(N)c(C)nn2CC)C1. The molecule has 1 aromatic heterocycles. The van der Waals surface area contributed by atoms with Gasteiger partial charge >= 0.3 is 0 Å². The van der Waals surface area contributed by atoms with Crippen LogP contribution < -0.4 is 5.73 Å². The summed E-state index contributed by atoms with van der Waals surface area (Å²) in [7, 11) is 0. The van der Waals surface area contributed by atoms with E-state index in [0.717, 1.165) is 25.2 Å². The Morgan fingerprint density at radius 3 is 2.84 bits per heavy atom. The minimum Gasteiger partial charge on any atom is -0.395 e. The van der Waals surface area contributed by atoms with Crippen LogP contribution in [0, 0.1) is 12.8 Å². The number of likely N-dealkylation sites (tertiary alicyclic amines) is 1. The van der Waals surface area contributed by atoms with E-state index in [0.29, 0.717) is 23.8 Å². The van der Waals surface area contributed by atoms with Crippen LogP contribution in [0.3, 0.4) is 0 Å². The summed E-state index contributed by atoms with van der Waals surface area (Å²) >= 11 is 0. The van der Waals surface area contributed by atoms with Crippen molar-refractivity contribution in [2.75, 3.05) is 18.8 Å². The van der Waals surface area contributed by atoms with Gasteiger partial charge in [-0.3, -0.25) is 9.48 Å². The smallest absolute Gasteiger partial charge is 0.274 e. The van der Waals surface area contributed by atoms with Crippen molar-refractivity contribution in [2.45, 2.75) is 46.6 Å². The molecule has 1 unspecified atom stereocenters. The molecule has 0 radical (unpaired) electrons. The summed E-state index contributed by atoms with van der Waals surface area (Å²) < 4.78 is 1.72. The number of carbonyl (C=O) groups is 1. The van der Waals surface area contributed by atoms with Gasteiger partial charge in [-0.2, -0.15) is 5.10 Å². The molecule has 1 fully saturated rings. The molecule has 0 spiro atoms. The average Bonchev–Trinajstić information content (AvgIpc) is 2.96. The van der Waals surface area contributed by atoms with E-state index in [1.165, 1.54) is 12.8 Å². The van der Waals surface area contributed by atoms with Gasteiger partial charge in [0.1, 0.15) is 5.69 Å². The van der Waals surface area contributed by atoms with Crippen LogP contribution in [0.5, 0.6) is 0 Å². The molecule has 106 valence electrons. The van der Waals surface area contributed by atoms with E-state index in [2.05, 4.69) is 12.0 Å². The van der Waals surface area contributed by atoms with Crippen LogP contribution in [-0.2, 0) is 6.54 Å². The maximum absolute atomic E-state index is 12.6. The fraction of sp³-hybridized carbons (Fsp3) is 0.714. The number of nitrogens with two attached hydrogens (primary N) is 1. The van der Waals surface area contributed by atoms with Gasteiger partial charge in [-0.15, -0.1) is 0 Å². The van der Waals surface area contributed by atoms with Crippen LogP contribution in [-0.4, -0.2) is 33.7 Å². The second kappa shape index (κ2) is 5.63. The largest absolute Gasteiger partial charge is 0.395 e. The van der Waals surface area contributed by atoms with Crippen molar-refractivity contribution >= 4 is 11.6 Å². The van der Waals surface area contributed by atoms with E-state index in [-0.39, 0.29) is 5.91 Å². The van der Waals surface area contributed by atoms with Crippen molar-refractivity contribution in [3.05, 3.63) is 11.4 Å². The molecule has 0 aliphatic carbocycles. The van der Waals surface area contributed by atoms with Gasteiger partial charge in [-0.05, 0) is 32.6 Å². The molecule has 2 heterocycles. The molecular weight excluding hydrogens is 240 g/mol. The van der Waals surface area contributed by atoms with Gasteiger partial charge in [0.05, 0.1) is 11.4 Å². The molecule has 5 heteroatoms. The van der Waals surface area contributed by atoms with Gasteiger partial charge in [0.15, 0.2) is 0 Å². The molecule has 2 N–H and O–H groups in total. The van der Waals surface area contributed by atoms with Gasteiger partial charge in [-0.1, -0.05) is 13.3 Å². The second-order valence-electron chi connectivity index (χ2n) is 5.36. The number of aromatic nitrogens is 2. The molecular formula is C14H24N4O. The third-order valence-electron chi connectivity index (χ3n) is 3.95. The summed E-state index contributed by atoms with van der Waals surface area (Å²) in [5, 5.41) is 4.32. The van der Waals surface area contributed by atoms with E-state index in [1.54, 1.807) is 4.68 Å². The van der Waals surface area contributed by atoms with Crippen LogP contribution in [0.2, 0.25) is 0 Å². The van der Waals surface area contributed by atoms with E-state index in [4.69, 9.17) is 5.73 Å². The van der Waals surface area contributed by atoms with Crippen LogP contribution in [0.4, 0.5) is 5.69 Å². The molecule has 0 saturated carbocycles. The second-order valence-corrected chi connectivity index (χ2v) is 5.36. The van der Waals surface area contributed by atoms with E-state index >= 15 is 0 Å². The lowest BCUT2D eigenvalue weighted by Crippen LogP contribution is -2.31. The Morgan fingerprint density at radius 2 is 2.21 bits per heavy atom. The summed E-state index contributed by atoms with van der Waals surface area (Å²) in [5.41, 5.74) is 7.85. The van der Waals surface area contributed by atoms with Crippen LogP contribution >= 0.6 is 0 Å². The maximum Gasteiger partial charge on any atom is 0.274 e. The monoisotopic (exact) mass is 264 g/mol. The molecule has 2 rings (SSSR count). The highest BCUT2D eigenvalue weighted by atomic mass is 16.2. The number of amides is 1. The molecule has 1 aliphatic heterocycles. The molecule has 5 nitrogen and oxygen atoms in total. The standard InChI is InChI=1S/C14H24N4O/c1-4-6-11-7-8-17(9-11)14(19)13-12(15)10(3)16-18(13)5-2/h11H,4-9,15H2,1-3H3. The lowest BCUT2D eigenvalue weighted by Gasteiger charge is -2.17. The number of rotatable bonds is 4. The maximum atomic E-state index is 12.6. The third-order valence-corrected chi connectivity index (χ3v) is 3.95. The van der Waals surface area contributed by atoms with E-state index in [1.807, 2.05) is 18.7 Å². The average molecular weight is 264 g/mol. The summed E-state index contributed by atoms with van der Waals surface area (Å²) in [6, 6.07) is 0. The van der Waals surface area contributed by atoms with Gasteiger partial charge in [0, 0.05) is 19.6 Å². The fourth-order valence-electron chi connectivity index (χ4n) is 2.86. The first kappa shape index (κ1) is 13.9. The van der Waals surface area contributed by atoms with Crippen LogP contribution in [0.15, 0.2) is 0 Å². The number of carbonyl (C=O) groups excluding carboxylic acids is 1. The van der Waals surface area contributed by atoms with Crippen molar-refractivity contribution in [3.8, 4) is 0 Å². The van der Waals surface area contributed by atoms with Crippen molar-refractivity contribution in [1.82, 2.24) is 14.7 Å². The summed E-state index contributed by atoms with van der Waals surface area (Å²) in [6.45, 7) is 8.40. The van der Waals surface area contributed by atoms with Crippen molar-refractivity contribution in [3.63, 3.8) is 0 Å². The lowest BCUT2D eigenvalue weighted by atomic mass is 10.0. The zero-order valence-corrected chi connectivity index (χ0v) is 12.1. The van der Waals surface area contributed by atoms with Gasteiger partial charge in [-0.25, -0.2) is 0 Å². The van der Waals surface area contributed by atoms with E-state index < -0.39 is 0 Å². The Hall–Kier alpha value is -1.52. The quantitative estimate of drug-likeness (QED) is 0.905. The van der Waals surface area contributed by atoms with Gasteiger partial charge < -0.3 is 10.6 Å². The molecule has 1 aromatic rings. The fourth-order valence-corrected chi connectivity index (χ4v) is 2.86. The lowest BCUT2D eigenvalue weighted by molar-refractivity contribution is 0.0775. The Kier molecular flexibility index (Phi) is 4.12. The molecule has 1 aliphatic rings. The minimum atomic E-state index is 0.0403. The Labute approximate surface area is 114 Å². The summed E-state index contributed by atoms with van der Waals surface area (Å²) in [4.78, 5) is 14.5. The van der Waals surface area contributed by atoms with Gasteiger partial charge in [0.25, 0.3) is 5.91 Å². The molecule has 0 bridgehead atoms. The molecule has 19 heavy (non-hydrogen) atoms. The predicted molar refractivity (Wildman–Crippen MR) is 76.0 cm³/mol. The zero-order chi connectivity index (χ0) is 14.0. The number of anilines is 1. The number of hydrogen-bond donors (Lipinski definition) is 1. The molecule has 0 aromatic carbocycles. The van der Waals surface area contributed by atoms with Crippen molar-refractivity contribution in [2.24, 2.45) is 5.92 Å². The van der Waals surface area contributed by atoms with E-state index in [9.17, 15) is 4.79 Å². The Bertz CT molecular complexity index is 466. The number of aryl methyl sites for hydroxylation is 2. The normalized spacial score (nSPS) is 19.1. The van der Waals surface area contributed by atoms with Gasteiger partial charge in [0.2, 0.25) is 0 Å². The van der Waals surface area contributed by atoms with Crippen LogP contribution in [0.25, 0.3) is 0 Å². The number of nitrogen functional groups attached to an aromatic ring is 1. The highest BCUT2D eigenvalue weighted by molar-refractivity contribution is 5.98. The highest BCUT2D eigenvalue weighted by Crippen LogP contribution is 2.25. The molecule has 1 atom stereocenters. The molecule has 1 saturated heterocycles. The number of nitrogens with zero attached hydrogens (tertiary/aromatic N) is 3. The Morgan fingerprint density at radius 1 is 1.47 bits per heavy atom. The van der Waals surface area contributed by atoms with Crippen molar-refractivity contribution in [1.29, 1.82) is 0 Å². The van der Waals surface area contributed by atoms with Crippen molar-refractivity contribution < 1.29 is 4.79 Å². The topological polar surface area (TPSA) is 64.2 Å². The number of hydrogen-bond acceptors (Lipinski definition) is 3. The van der Waals surface area contributed by atoms with Crippen LogP contribution in [0.1, 0.15) is 49.3 Å². The first-order valence-corrected chi connectivity index (χ1v) is 7.20. The Balaban J connectivity index is 2.17.